The van der Waals surface area contributed by atoms with Gasteiger partial charge in [0.15, 0.2) is 5.82 Å². The summed E-state index contributed by atoms with van der Waals surface area (Å²) in [5, 5.41) is 8.57. The minimum atomic E-state index is 0.285. The molecule has 100 valence electrons. The van der Waals surface area contributed by atoms with Crippen molar-refractivity contribution in [1.82, 2.24) is 10.2 Å². The molecule has 1 aliphatic heterocycles. The van der Waals surface area contributed by atoms with Gasteiger partial charge in [-0.2, -0.15) is 5.10 Å². The molecule has 2 heterocycles. The number of ether oxygens (including phenoxy) is 1. The van der Waals surface area contributed by atoms with Crippen LogP contribution in [0.5, 0.6) is 0 Å². The molecule has 2 N–H and O–H groups in total. The van der Waals surface area contributed by atoms with Crippen LogP contribution in [0, 0.1) is 13.8 Å². The van der Waals surface area contributed by atoms with Gasteiger partial charge in [-0.3, -0.25) is 0 Å². The van der Waals surface area contributed by atoms with Crippen LogP contribution >= 0.6 is 0 Å². The van der Waals surface area contributed by atoms with E-state index in [1.807, 2.05) is 6.92 Å². The number of anilines is 1. The standard InChI is InChI=1S/C13H22N4O/c1-4-11-8-17(5-6-18-11)13-12(7-14)9(2)10(3)15-16-13/h11H,4-8,14H2,1-3H3. The van der Waals surface area contributed by atoms with E-state index in [4.69, 9.17) is 10.5 Å². The van der Waals surface area contributed by atoms with Crippen molar-refractivity contribution >= 4 is 5.82 Å². The topological polar surface area (TPSA) is 64.3 Å². The van der Waals surface area contributed by atoms with E-state index in [9.17, 15) is 0 Å². The molecule has 2 rings (SSSR count). The van der Waals surface area contributed by atoms with Crippen LogP contribution in [-0.4, -0.2) is 36.0 Å². The number of rotatable bonds is 3. The Labute approximate surface area is 108 Å². The zero-order valence-electron chi connectivity index (χ0n) is 11.4. The van der Waals surface area contributed by atoms with E-state index in [0.717, 1.165) is 48.8 Å². The maximum atomic E-state index is 5.87. The van der Waals surface area contributed by atoms with Crippen LogP contribution in [0.4, 0.5) is 5.82 Å². The Kier molecular flexibility index (Phi) is 4.14. The molecular formula is C13H22N4O. The predicted octanol–water partition coefficient (Wildman–Crippen LogP) is 1.17. The number of hydrogen-bond donors (Lipinski definition) is 1. The van der Waals surface area contributed by atoms with Gasteiger partial charge in [0.25, 0.3) is 0 Å². The summed E-state index contributed by atoms with van der Waals surface area (Å²) < 4.78 is 5.69. The summed E-state index contributed by atoms with van der Waals surface area (Å²) in [6.45, 7) is 9.17. The minimum Gasteiger partial charge on any atom is -0.375 e. The summed E-state index contributed by atoms with van der Waals surface area (Å²) in [5.74, 6) is 0.933. The number of nitrogens with zero attached hydrogens (tertiary/aromatic N) is 3. The highest BCUT2D eigenvalue weighted by Crippen LogP contribution is 2.23. The van der Waals surface area contributed by atoms with E-state index >= 15 is 0 Å². The second-order valence-corrected chi connectivity index (χ2v) is 4.76. The maximum Gasteiger partial charge on any atom is 0.156 e. The molecule has 0 spiro atoms. The molecule has 1 aromatic heterocycles. The van der Waals surface area contributed by atoms with Gasteiger partial charge in [0, 0.05) is 25.2 Å². The van der Waals surface area contributed by atoms with Crippen molar-refractivity contribution in [2.75, 3.05) is 24.6 Å². The van der Waals surface area contributed by atoms with Crippen LogP contribution in [0.1, 0.15) is 30.2 Å². The van der Waals surface area contributed by atoms with Crippen LogP contribution in [-0.2, 0) is 11.3 Å². The van der Waals surface area contributed by atoms with Gasteiger partial charge in [-0.1, -0.05) is 6.92 Å². The molecule has 1 saturated heterocycles. The van der Waals surface area contributed by atoms with Crippen molar-refractivity contribution in [1.29, 1.82) is 0 Å². The quantitative estimate of drug-likeness (QED) is 0.872. The first kappa shape index (κ1) is 13.2. The van der Waals surface area contributed by atoms with Crippen molar-refractivity contribution in [3.8, 4) is 0 Å². The lowest BCUT2D eigenvalue weighted by Crippen LogP contribution is -2.43. The number of morpholine rings is 1. The first-order valence-electron chi connectivity index (χ1n) is 6.56. The average Bonchev–Trinajstić information content (AvgIpc) is 2.41. The Bertz CT molecular complexity index is 422. The third kappa shape index (κ3) is 2.47. The smallest absolute Gasteiger partial charge is 0.156 e. The fourth-order valence-corrected chi connectivity index (χ4v) is 2.30. The van der Waals surface area contributed by atoms with Crippen molar-refractivity contribution in [3.63, 3.8) is 0 Å². The molecule has 18 heavy (non-hydrogen) atoms. The zero-order valence-corrected chi connectivity index (χ0v) is 11.4. The Morgan fingerprint density at radius 2 is 2.17 bits per heavy atom. The predicted molar refractivity (Wildman–Crippen MR) is 71.6 cm³/mol. The SMILES string of the molecule is CCC1CN(c2nnc(C)c(C)c2CN)CCO1. The number of nitrogens with two attached hydrogens (primary N) is 1. The fraction of sp³-hybridized carbons (Fsp3) is 0.692. The van der Waals surface area contributed by atoms with Crippen LogP contribution in [0.15, 0.2) is 0 Å². The Balaban J connectivity index is 2.30. The van der Waals surface area contributed by atoms with Gasteiger partial charge in [-0.05, 0) is 25.8 Å². The van der Waals surface area contributed by atoms with E-state index in [-0.39, 0.29) is 6.10 Å². The van der Waals surface area contributed by atoms with Gasteiger partial charge in [-0.15, -0.1) is 5.10 Å². The van der Waals surface area contributed by atoms with Crippen LogP contribution in [0.3, 0.4) is 0 Å². The molecule has 1 aliphatic rings. The lowest BCUT2D eigenvalue weighted by Gasteiger charge is -2.34. The van der Waals surface area contributed by atoms with Gasteiger partial charge in [-0.25, -0.2) is 0 Å². The average molecular weight is 250 g/mol. The summed E-state index contributed by atoms with van der Waals surface area (Å²) in [6, 6.07) is 0. The molecule has 0 saturated carbocycles. The fourth-order valence-electron chi connectivity index (χ4n) is 2.30. The normalized spacial score (nSPS) is 20.2. The molecule has 0 radical (unpaired) electrons. The molecule has 5 nitrogen and oxygen atoms in total. The minimum absolute atomic E-state index is 0.285. The highest BCUT2D eigenvalue weighted by molar-refractivity contribution is 5.51. The van der Waals surface area contributed by atoms with Crippen molar-refractivity contribution in [3.05, 3.63) is 16.8 Å². The van der Waals surface area contributed by atoms with E-state index in [0.29, 0.717) is 6.54 Å². The Morgan fingerprint density at radius 3 is 2.83 bits per heavy atom. The summed E-state index contributed by atoms with van der Waals surface area (Å²) >= 11 is 0. The van der Waals surface area contributed by atoms with Gasteiger partial charge < -0.3 is 15.4 Å². The van der Waals surface area contributed by atoms with E-state index < -0.39 is 0 Å². The second-order valence-electron chi connectivity index (χ2n) is 4.76. The monoisotopic (exact) mass is 250 g/mol. The third-order valence-electron chi connectivity index (χ3n) is 3.66. The lowest BCUT2D eigenvalue weighted by atomic mass is 10.1. The van der Waals surface area contributed by atoms with Crippen LogP contribution in [0.2, 0.25) is 0 Å². The number of aromatic nitrogens is 2. The largest absolute Gasteiger partial charge is 0.375 e. The lowest BCUT2D eigenvalue weighted by molar-refractivity contribution is 0.0380. The molecule has 5 heteroatoms. The molecular weight excluding hydrogens is 228 g/mol. The molecule has 0 aliphatic carbocycles. The second kappa shape index (κ2) is 5.63. The summed E-state index contributed by atoms with van der Waals surface area (Å²) in [7, 11) is 0. The maximum absolute atomic E-state index is 5.87. The summed E-state index contributed by atoms with van der Waals surface area (Å²) in [6.07, 6.45) is 1.31. The summed E-state index contributed by atoms with van der Waals surface area (Å²) in [5.41, 5.74) is 9.09. The van der Waals surface area contributed by atoms with E-state index in [2.05, 4.69) is 28.9 Å². The molecule has 0 amide bonds. The van der Waals surface area contributed by atoms with Gasteiger partial charge in [0.1, 0.15) is 0 Å². The van der Waals surface area contributed by atoms with Crippen molar-refractivity contribution < 1.29 is 4.74 Å². The van der Waals surface area contributed by atoms with E-state index in [1.165, 1.54) is 0 Å². The third-order valence-corrected chi connectivity index (χ3v) is 3.66. The number of aryl methyl sites for hydroxylation is 1. The number of hydrogen-bond acceptors (Lipinski definition) is 5. The molecule has 0 bridgehead atoms. The first-order valence-corrected chi connectivity index (χ1v) is 6.56. The van der Waals surface area contributed by atoms with Crippen LogP contribution < -0.4 is 10.6 Å². The van der Waals surface area contributed by atoms with Crippen molar-refractivity contribution in [2.24, 2.45) is 5.73 Å². The van der Waals surface area contributed by atoms with Gasteiger partial charge in [0.05, 0.1) is 18.4 Å². The molecule has 1 unspecified atom stereocenters. The van der Waals surface area contributed by atoms with Crippen LogP contribution in [0.25, 0.3) is 0 Å². The van der Waals surface area contributed by atoms with Gasteiger partial charge in [0.2, 0.25) is 0 Å². The van der Waals surface area contributed by atoms with E-state index in [1.54, 1.807) is 0 Å². The first-order chi connectivity index (χ1) is 8.67. The zero-order chi connectivity index (χ0) is 13.1. The molecule has 1 atom stereocenters. The Hall–Kier alpha value is -1.20. The van der Waals surface area contributed by atoms with Gasteiger partial charge >= 0.3 is 0 Å². The van der Waals surface area contributed by atoms with Crippen molar-refractivity contribution in [2.45, 2.75) is 39.8 Å². The summed E-state index contributed by atoms with van der Waals surface area (Å²) in [4.78, 5) is 2.25. The molecule has 1 aromatic rings. The molecule has 0 aromatic carbocycles. The highest BCUT2D eigenvalue weighted by atomic mass is 16.5. The highest BCUT2D eigenvalue weighted by Gasteiger charge is 2.23. The molecule has 1 fully saturated rings. The Morgan fingerprint density at radius 1 is 1.39 bits per heavy atom.